The first-order valence-electron chi connectivity index (χ1n) is 6.65. The lowest BCUT2D eigenvalue weighted by Gasteiger charge is -2.04. The summed E-state index contributed by atoms with van der Waals surface area (Å²) in [6.07, 6.45) is 6.73. The van der Waals surface area contributed by atoms with Crippen LogP contribution in [0.1, 0.15) is 6.92 Å². The summed E-state index contributed by atoms with van der Waals surface area (Å²) < 4.78 is 3.08. The fraction of sp³-hybridized carbons (Fsp3) is 0.133. The Morgan fingerprint density at radius 2 is 2.14 bits per heavy atom. The molecule has 6 heteroatoms. The highest BCUT2D eigenvalue weighted by Gasteiger charge is 2.09. The molecule has 3 rings (SSSR count). The molecule has 106 valence electrons. The zero-order valence-corrected chi connectivity index (χ0v) is 11.6. The minimum atomic E-state index is -0.165. The molecule has 0 bridgehead atoms. The Labute approximate surface area is 121 Å². The van der Waals surface area contributed by atoms with Gasteiger partial charge in [-0.3, -0.25) is 4.79 Å². The number of anilines is 1. The lowest BCUT2D eigenvalue weighted by atomic mass is 10.1. The van der Waals surface area contributed by atoms with Gasteiger partial charge in [-0.05, 0) is 24.6 Å². The number of hydrogen-bond donors (Lipinski definition) is 1. The third-order valence-corrected chi connectivity index (χ3v) is 3.26. The van der Waals surface area contributed by atoms with Crippen LogP contribution >= 0.6 is 0 Å². The second kappa shape index (κ2) is 5.24. The van der Waals surface area contributed by atoms with Crippen LogP contribution in [0, 0.1) is 0 Å². The van der Waals surface area contributed by atoms with E-state index in [0.29, 0.717) is 12.2 Å². The van der Waals surface area contributed by atoms with Crippen molar-refractivity contribution in [1.29, 1.82) is 0 Å². The van der Waals surface area contributed by atoms with Crippen LogP contribution in [0.15, 0.2) is 53.8 Å². The van der Waals surface area contributed by atoms with Gasteiger partial charge in [-0.2, -0.15) is 5.10 Å². The molecule has 0 saturated carbocycles. The molecule has 0 atom stereocenters. The van der Waals surface area contributed by atoms with Crippen LogP contribution in [-0.4, -0.2) is 19.3 Å². The molecule has 2 N–H and O–H groups in total. The molecule has 0 amide bonds. The van der Waals surface area contributed by atoms with E-state index in [1.54, 1.807) is 29.4 Å². The average Bonchev–Trinajstić information content (AvgIpc) is 2.97. The van der Waals surface area contributed by atoms with E-state index in [2.05, 4.69) is 10.1 Å². The molecule has 0 fully saturated rings. The van der Waals surface area contributed by atoms with Gasteiger partial charge in [0.2, 0.25) is 5.82 Å². The van der Waals surface area contributed by atoms with Gasteiger partial charge in [0.05, 0.1) is 6.20 Å². The molecule has 0 aliphatic heterocycles. The number of hydrogen-bond acceptors (Lipinski definition) is 4. The van der Waals surface area contributed by atoms with E-state index in [1.807, 2.05) is 31.2 Å². The van der Waals surface area contributed by atoms with E-state index >= 15 is 0 Å². The quantitative estimate of drug-likeness (QED) is 0.741. The van der Waals surface area contributed by atoms with Crippen LogP contribution in [0.5, 0.6) is 0 Å². The number of nitrogens with two attached hydrogens (primary N) is 1. The highest BCUT2D eigenvalue weighted by atomic mass is 16.1. The van der Waals surface area contributed by atoms with Gasteiger partial charge in [0, 0.05) is 36.4 Å². The zero-order chi connectivity index (χ0) is 14.8. The molecule has 3 aromatic rings. The summed E-state index contributed by atoms with van der Waals surface area (Å²) in [5.41, 5.74) is 8.14. The van der Waals surface area contributed by atoms with E-state index < -0.39 is 0 Å². The lowest BCUT2D eigenvalue weighted by molar-refractivity contribution is 0.693. The molecule has 1 aromatic carbocycles. The molecule has 0 aliphatic carbocycles. The molecule has 2 aromatic heterocycles. The SMILES string of the molecule is CCn1ccnc(-n2cc(-c3cccc(N)c3)cn2)c1=O. The van der Waals surface area contributed by atoms with E-state index in [-0.39, 0.29) is 11.4 Å². The van der Waals surface area contributed by atoms with Crippen LogP contribution in [-0.2, 0) is 6.54 Å². The third kappa shape index (κ3) is 2.43. The number of benzene rings is 1. The van der Waals surface area contributed by atoms with Crippen LogP contribution < -0.4 is 11.3 Å². The predicted octanol–water partition coefficient (Wildman–Crippen LogP) is 1.70. The molecule has 0 unspecified atom stereocenters. The summed E-state index contributed by atoms with van der Waals surface area (Å²) in [5.74, 6) is 0.287. The fourth-order valence-corrected chi connectivity index (χ4v) is 2.15. The second-order valence-electron chi connectivity index (χ2n) is 4.64. The van der Waals surface area contributed by atoms with Crippen LogP contribution in [0.25, 0.3) is 16.9 Å². The minimum Gasteiger partial charge on any atom is -0.399 e. The molecular formula is C15H15N5O. The molecular weight excluding hydrogens is 266 g/mol. The first-order valence-corrected chi connectivity index (χ1v) is 6.65. The van der Waals surface area contributed by atoms with Gasteiger partial charge in [-0.25, -0.2) is 9.67 Å². The van der Waals surface area contributed by atoms with E-state index in [9.17, 15) is 4.79 Å². The Morgan fingerprint density at radius 1 is 1.29 bits per heavy atom. The van der Waals surface area contributed by atoms with E-state index in [1.165, 1.54) is 4.68 Å². The van der Waals surface area contributed by atoms with Crippen LogP contribution in [0.3, 0.4) is 0 Å². The Morgan fingerprint density at radius 3 is 2.90 bits per heavy atom. The fourth-order valence-electron chi connectivity index (χ4n) is 2.15. The first kappa shape index (κ1) is 13.1. The highest BCUT2D eigenvalue weighted by Crippen LogP contribution is 2.21. The normalized spacial score (nSPS) is 10.7. The molecule has 6 nitrogen and oxygen atoms in total. The zero-order valence-electron chi connectivity index (χ0n) is 11.6. The van der Waals surface area contributed by atoms with Crippen molar-refractivity contribution in [3.63, 3.8) is 0 Å². The van der Waals surface area contributed by atoms with E-state index in [0.717, 1.165) is 11.1 Å². The second-order valence-corrected chi connectivity index (χ2v) is 4.64. The van der Waals surface area contributed by atoms with Crippen molar-refractivity contribution in [1.82, 2.24) is 19.3 Å². The summed E-state index contributed by atoms with van der Waals surface area (Å²) in [6, 6.07) is 7.52. The molecule has 0 saturated heterocycles. The number of nitrogen functional groups attached to an aromatic ring is 1. The monoisotopic (exact) mass is 281 g/mol. The van der Waals surface area contributed by atoms with Crippen LogP contribution in [0.4, 0.5) is 5.69 Å². The summed E-state index contributed by atoms with van der Waals surface area (Å²) in [6.45, 7) is 2.50. The Kier molecular flexibility index (Phi) is 3.27. The number of aromatic nitrogens is 4. The van der Waals surface area contributed by atoms with Crippen molar-refractivity contribution in [2.75, 3.05) is 5.73 Å². The molecule has 0 radical (unpaired) electrons. The van der Waals surface area contributed by atoms with E-state index in [4.69, 9.17) is 5.73 Å². The van der Waals surface area contributed by atoms with Gasteiger partial charge in [0.1, 0.15) is 0 Å². The van der Waals surface area contributed by atoms with Crippen molar-refractivity contribution in [2.24, 2.45) is 0 Å². The maximum absolute atomic E-state index is 12.2. The topological polar surface area (TPSA) is 78.7 Å². The molecule has 0 spiro atoms. The maximum atomic E-state index is 12.2. The van der Waals surface area contributed by atoms with Crippen LogP contribution in [0.2, 0.25) is 0 Å². The van der Waals surface area contributed by atoms with Gasteiger partial charge in [-0.1, -0.05) is 12.1 Å². The summed E-state index contributed by atoms with van der Waals surface area (Å²) in [5, 5.41) is 4.23. The molecule has 21 heavy (non-hydrogen) atoms. The Balaban J connectivity index is 2.05. The van der Waals surface area contributed by atoms with Gasteiger partial charge < -0.3 is 10.3 Å². The van der Waals surface area contributed by atoms with Gasteiger partial charge in [0.25, 0.3) is 5.56 Å². The van der Waals surface area contributed by atoms with Crippen molar-refractivity contribution < 1.29 is 0 Å². The maximum Gasteiger partial charge on any atom is 0.295 e. The van der Waals surface area contributed by atoms with Gasteiger partial charge >= 0.3 is 0 Å². The summed E-state index contributed by atoms with van der Waals surface area (Å²) >= 11 is 0. The molecule has 2 heterocycles. The first-order chi connectivity index (χ1) is 10.2. The average molecular weight is 281 g/mol. The van der Waals surface area contributed by atoms with Crippen molar-refractivity contribution in [3.05, 3.63) is 59.4 Å². The van der Waals surface area contributed by atoms with Gasteiger partial charge in [-0.15, -0.1) is 0 Å². The summed E-state index contributed by atoms with van der Waals surface area (Å²) in [7, 11) is 0. The van der Waals surface area contributed by atoms with Crippen molar-refractivity contribution >= 4 is 5.69 Å². The smallest absolute Gasteiger partial charge is 0.295 e. The lowest BCUT2D eigenvalue weighted by Crippen LogP contribution is -2.24. The number of aryl methyl sites for hydroxylation is 1. The highest BCUT2D eigenvalue weighted by molar-refractivity contribution is 5.66. The number of nitrogens with zero attached hydrogens (tertiary/aromatic N) is 4. The Bertz CT molecular complexity index is 834. The van der Waals surface area contributed by atoms with Crippen molar-refractivity contribution in [3.8, 4) is 16.9 Å². The van der Waals surface area contributed by atoms with Crippen molar-refractivity contribution in [2.45, 2.75) is 13.5 Å². The predicted molar refractivity (Wildman–Crippen MR) is 81.1 cm³/mol. The van der Waals surface area contributed by atoms with Gasteiger partial charge in [0.15, 0.2) is 0 Å². The third-order valence-electron chi connectivity index (χ3n) is 3.26. The largest absolute Gasteiger partial charge is 0.399 e. The molecule has 0 aliphatic rings. The standard InChI is InChI=1S/C15H15N5O/c1-2-19-7-6-17-14(15(19)21)20-10-12(9-18-20)11-4-3-5-13(16)8-11/h3-10H,2,16H2,1H3. The Hall–Kier alpha value is -2.89. The number of rotatable bonds is 3. The minimum absolute atomic E-state index is 0.165. The summed E-state index contributed by atoms with van der Waals surface area (Å²) in [4.78, 5) is 16.3.